The first-order chi connectivity index (χ1) is 12.3. The molecule has 0 bridgehead atoms. The maximum atomic E-state index is 12.6. The molecule has 8 heteroatoms. The van der Waals surface area contributed by atoms with Crippen molar-refractivity contribution in [2.24, 2.45) is 0 Å². The molecule has 0 aliphatic rings. The number of benzene rings is 2. The van der Waals surface area contributed by atoms with E-state index in [1.807, 2.05) is 0 Å². The molecule has 0 radical (unpaired) electrons. The Morgan fingerprint density at radius 3 is 2.62 bits per heavy atom. The standard InChI is InChI=1S/C18H17N3O4S/c1-12-19-16-9-4-3-8-15(16)18(23)21(12)11-17(22)20-13-6-5-7-14(10-13)26(2,24)25/h3-10H,11H2,1-2H3,(H,20,22). The second kappa shape index (κ2) is 6.72. The number of hydrogen-bond donors (Lipinski definition) is 1. The summed E-state index contributed by atoms with van der Waals surface area (Å²) >= 11 is 0. The fraction of sp³-hybridized carbons (Fsp3) is 0.167. The predicted octanol–water partition coefficient (Wildman–Crippen LogP) is 1.75. The van der Waals surface area contributed by atoms with Gasteiger partial charge in [-0.3, -0.25) is 14.2 Å². The molecular formula is C18H17N3O4S. The van der Waals surface area contributed by atoms with Crippen LogP contribution in [0.3, 0.4) is 0 Å². The molecule has 26 heavy (non-hydrogen) atoms. The van der Waals surface area contributed by atoms with E-state index in [4.69, 9.17) is 0 Å². The Kier molecular flexibility index (Phi) is 4.60. The Labute approximate surface area is 150 Å². The van der Waals surface area contributed by atoms with Crippen molar-refractivity contribution in [3.8, 4) is 0 Å². The number of carbonyl (C=O) groups is 1. The van der Waals surface area contributed by atoms with E-state index < -0.39 is 15.7 Å². The number of nitrogens with zero attached hydrogens (tertiary/aromatic N) is 2. The van der Waals surface area contributed by atoms with Crippen LogP contribution in [-0.4, -0.2) is 30.1 Å². The molecule has 0 aliphatic carbocycles. The quantitative estimate of drug-likeness (QED) is 0.753. The lowest BCUT2D eigenvalue weighted by Gasteiger charge is -2.11. The van der Waals surface area contributed by atoms with E-state index in [9.17, 15) is 18.0 Å². The second-order valence-electron chi connectivity index (χ2n) is 5.92. The molecule has 1 N–H and O–H groups in total. The molecule has 7 nitrogen and oxygen atoms in total. The molecule has 0 saturated heterocycles. The maximum Gasteiger partial charge on any atom is 0.261 e. The van der Waals surface area contributed by atoms with Crippen molar-refractivity contribution in [1.82, 2.24) is 9.55 Å². The minimum Gasteiger partial charge on any atom is -0.324 e. The fourth-order valence-electron chi connectivity index (χ4n) is 2.61. The Bertz CT molecular complexity index is 1170. The first-order valence-electron chi connectivity index (χ1n) is 7.82. The Hall–Kier alpha value is -3.00. The van der Waals surface area contributed by atoms with Crippen LogP contribution in [0.25, 0.3) is 10.9 Å². The molecule has 134 valence electrons. The molecule has 0 atom stereocenters. The summed E-state index contributed by atoms with van der Waals surface area (Å²) in [5, 5.41) is 3.05. The Balaban J connectivity index is 1.88. The lowest BCUT2D eigenvalue weighted by molar-refractivity contribution is -0.116. The van der Waals surface area contributed by atoms with E-state index >= 15 is 0 Å². The van der Waals surface area contributed by atoms with Crippen molar-refractivity contribution in [1.29, 1.82) is 0 Å². The van der Waals surface area contributed by atoms with Crippen LogP contribution in [0.2, 0.25) is 0 Å². The molecule has 1 heterocycles. The number of para-hydroxylation sites is 1. The summed E-state index contributed by atoms with van der Waals surface area (Å²) in [6.45, 7) is 1.44. The van der Waals surface area contributed by atoms with Gasteiger partial charge in [0.2, 0.25) is 5.91 Å². The molecule has 0 aliphatic heterocycles. The van der Waals surface area contributed by atoms with E-state index in [0.29, 0.717) is 22.4 Å². The van der Waals surface area contributed by atoms with E-state index in [0.717, 1.165) is 6.26 Å². The second-order valence-corrected chi connectivity index (χ2v) is 7.93. The van der Waals surface area contributed by atoms with E-state index in [1.54, 1.807) is 43.3 Å². The lowest BCUT2D eigenvalue weighted by atomic mass is 10.2. The van der Waals surface area contributed by atoms with Gasteiger partial charge in [0.1, 0.15) is 12.4 Å². The van der Waals surface area contributed by atoms with Crippen molar-refractivity contribution in [3.63, 3.8) is 0 Å². The molecule has 1 aromatic heterocycles. The number of aryl methyl sites for hydroxylation is 1. The number of hydrogen-bond acceptors (Lipinski definition) is 5. The first kappa shape index (κ1) is 17.8. The van der Waals surface area contributed by atoms with E-state index in [2.05, 4.69) is 10.3 Å². The summed E-state index contributed by atoms with van der Waals surface area (Å²) in [6, 6.07) is 12.9. The van der Waals surface area contributed by atoms with Gasteiger partial charge in [0.05, 0.1) is 15.8 Å². The third-order valence-corrected chi connectivity index (χ3v) is 5.01. The zero-order valence-electron chi connectivity index (χ0n) is 14.3. The SMILES string of the molecule is Cc1nc2ccccc2c(=O)n1CC(=O)Nc1cccc(S(C)(=O)=O)c1. The minimum atomic E-state index is -3.37. The third kappa shape index (κ3) is 3.65. The smallest absolute Gasteiger partial charge is 0.261 e. The zero-order chi connectivity index (χ0) is 18.9. The molecule has 2 aromatic carbocycles. The zero-order valence-corrected chi connectivity index (χ0v) is 15.1. The number of rotatable bonds is 4. The number of fused-ring (bicyclic) bond motifs is 1. The van der Waals surface area contributed by atoms with E-state index in [1.165, 1.54) is 16.7 Å². The summed E-state index contributed by atoms with van der Waals surface area (Å²) in [6.07, 6.45) is 1.09. The summed E-state index contributed by atoms with van der Waals surface area (Å²) in [5.41, 5.74) is 0.623. The molecule has 0 spiro atoms. The van der Waals surface area contributed by atoms with Gasteiger partial charge in [0, 0.05) is 11.9 Å². The highest BCUT2D eigenvalue weighted by molar-refractivity contribution is 7.90. The highest BCUT2D eigenvalue weighted by atomic mass is 32.2. The predicted molar refractivity (Wildman–Crippen MR) is 98.9 cm³/mol. The number of anilines is 1. The van der Waals surface area contributed by atoms with Crippen LogP contribution in [0.15, 0.2) is 58.2 Å². The molecule has 0 saturated carbocycles. The van der Waals surface area contributed by atoms with Crippen molar-refractivity contribution >= 4 is 32.3 Å². The normalized spacial score (nSPS) is 11.5. The van der Waals surface area contributed by atoms with Crippen LogP contribution in [0.1, 0.15) is 5.82 Å². The van der Waals surface area contributed by atoms with Gasteiger partial charge in [-0.15, -0.1) is 0 Å². The van der Waals surface area contributed by atoms with Gasteiger partial charge in [-0.1, -0.05) is 18.2 Å². The highest BCUT2D eigenvalue weighted by Crippen LogP contribution is 2.15. The highest BCUT2D eigenvalue weighted by Gasteiger charge is 2.13. The van der Waals surface area contributed by atoms with Crippen molar-refractivity contribution in [3.05, 3.63) is 64.7 Å². The summed E-state index contributed by atoms with van der Waals surface area (Å²) in [5.74, 6) is -0.0216. The fourth-order valence-corrected chi connectivity index (χ4v) is 3.28. The van der Waals surface area contributed by atoms with Gasteiger partial charge in [-0.05, 0) is 37.3 Å². The number of aromatic nitrogens is 2. The van der Waals surface area contributed by atoms with Gasteiger partial charge in [0.25, 0.3) is 5.56 Å². The summed E-state index contributed by atoms with van der Waals surface area (Å²) in [4.78, 5) is 29.4. The average molecular weight is 371 g/mol. The van der Waals surface area contributed by atoms with Crippen molar-refractivity contribution in [2.45, 2.75) is 18.4 Å². The Morgan fingerprint density at radius 2 is 1.88 bits per heavy atom. The Morgan fingerprint density at radius 1 is 1.15 bits per heavy atom. The minimum absolute atomic E-state index is 0.107. The topological polar surface area (TPSA) is 98.1 Å². The molecule has 1 amide bonds. The lowest BCUT2D eigenvalue weighted by Crippen LogP contribution is -2.30. The molecule has 3 aromatic rings. The molecule has 3 rings (SSSR count). The number of carbonyl (C=O) groups excluding carboxylic acids is 1. The van der Waals surface area contributed by atoms with Crippen LogP contribution >= 0.6 is 0 Å². The van der Waals surface area contributed by atoms with Gasteiger partial charge in [-0.2, -0.15) is 0 Å². The van der Waals surface area contributed by atoms with Gasteiger partial charge >= 0.3 is 0 Å². The molecule has 0 fully saturated rings. The van der Waals surface area contributed by atoms with Crippen molar-refractivity contribution < 1.29 is 13.2 Å². The number of nitrogens with one attached hydrogen (secondary N) is 1. The van der Waals surface area contributed by atoms with Crippen LogP contribution in [0, 0.1) is 6.92 Å². The molecular weight excluding hydrogens is 354 g/mol. The van der Waals surface area contributed by atoms with Gasteiger partial charge < -0.3 is 5.32 Å². The maximum absolute atomic E-state index is 12.6. The average Bonchev–Trinajstić information content (AvgIpc) is 2.58. The summed E-state index contributed by atoms with van der Waals surface area (Å²) in [7, 11) is -3.37. The third-order valence-electron chi connectivity index (χ3n) is 3.90. The first-order valence-corrected chi connectivity index (χ1v) is 9.71. The van der Waals surface area contributed by atoms with Gasteiger partial charge in [-0.25, -0.2) is 13.4 Å². The summed E-state index contributed by atoms with van der Waals surface area (Å²) < 4.78 is 24.5. The van der Waals surface area contributed by atoms with Crippen LogP contribution < -0.4 is 10.9 Å². The molecule has 0 unspecified atom stereocenters. The van der Waals surface area contributed by atoms with Crippen LogP contribution in [0.4, 0.5) is 5.69 Å². The monoisotopic (exact) mass is 371 g/mol. The largest absolute Gasteiger partial charge is 0.324 e. The van der Waals surface area contributed by atoms with Gasteiger partial charge in [0.15, 0.2) is 9.84 Å². The van der Waals surface area contributed by atoms with Crippen LogP contribution in [0.5, 0.6) is 0 Å². The van der Waals surface area contributed by atoms with Crippen LogP contribution in [-0.2, 0) is 21.2 Å². The number of sulfone groups is 1. The number of amides is 1. The van der Waals surface area contributed by atoms with Crippen molar-refractivity contribution in [2.75, 3.05) is 11.6 Å². The van der Waals surface area contributed by atoms with E-state index in [-0.39, 0.29) is 17.0 Å².